The third kappa shape index (κ3) is 4.40. The largest absolute Gasteiger partial charge is 0.396 e. The van der Waals surface area contributed by atoms with Crippen LogP contribution in [0.15, 0.2) is 24.5 Å². The Balaban J connectivity index is 2.38. The minimum Gasteiger partial charge on any atom is -0.396 e. The van der Waals surface area contributed by atoms with Crippen LogP contribution < -0.4 is 5.32 Å². The lowest BCUT2D eigenvalue weighted by atomic mass is 10.1. The molecule has 0 aliphatic carbocycles. The standard InChI is InChI=1S/C12H20N2O/c1-10(4-3-9-15)14-11(2)12-5-7-13-8-6-12/h5-8,10-11,14-15H,3-4,9H2,1-2H3/t10-,11+/m0/s1. The van der Waals surface area contributed by atoms with Crippen LogP contribution in [0.3, 0.4) is 0 Å². The molecule has 0 radical (unpaired) electrons. The second kappa shape index (κ2) is 6.53. The van der Waals surface area contributed by atoms with Crippen molar-refractivity contribution in [2.75, 3.05) is 6.61 Å². The van der Waals surface area contributed by atoms with E-state index in [9.17, 15) is 0 Å². The van der Waals surface area contributed by atoms with Crippen molar-refractivity contribution in [2.45, 2.75) is 38.8 Å². The van der Waals surface area contributed by atoms with Crippen LogP contribution in [0, 0.1) is 0 Å². The molecule has 0 aromatic carbocycles. The number of nitrogens with one attached hydrogen (secondary N) is 1. The highest BCUT2D eigenvalue weighted by Gasteiger charge is 2.08. The summed E-state index contributed by atoms with van der Waals surface area (Å²) in [5, 5.41) is 12.2. The van der Waals surface area contributed by atoms with Gasteiger partial charge in [-0.2, -0.15) is 0 Å². The second-order valence-electron chi connectivity index (χ2n) is 3.94. The summed E-state index contributed by atoms with van der Waals surface area (Å²) in [6.45, 7) is 4.56. The molecule has 3 nitrogen and oxygen atoms in total. The van der Waals surface area contributed by atoms with Crippen molar-refractivity contribution in [3.8, 4) is 0 Å². The first-order valence-electron chi connectivity index (χ1n) is 5.51. The van der Waals surface area contributed by atoms with E-state index in [1.807, 2.05) is 24.5 Å². The third-order valence-electron chi connectivity index (χ3n) is 2.54. The van der Waals surface area contributed by atoms with Gasteiger partial charge >= 0.3 is 0 Å². The van der Waals surface area contributed by atoms with Crippen LogP contribution in [0.4, 0.5) is 0 Å². The van der Waals surface area contributed by atoms with Crippen molar-refractivity contribution in [2.24, 2.45) is 0 Å². The molecule has 2 atom stereocenters. The summed E-state index contributed by atoms with van der Waals surface area (Å²) in [6.07, 6.45) is 5.49. The van der Waals surface area contributed by atoms with E-state index in [0.29, 0.717) is 12.1 Å². The first-order chi connectivity index (χ1) is 7.24. The Bertz CT molecular complexity index is 264. The van der Waals surface area contributed by atoms with Gasteiger partial charge < -0.3 is 10.4 Å². The first-order valence-corrected chi connectivity index (χ1v) is 5.51. The van der Waals surface area contributed by atoms with Crippen LogP contribution in [0.1, 0.15) is 38.3 Å². The van der Waals surface area contributed by atoms with E-state index in [1.54, 1.807) is 0 Å². The van der Waals surface area contributed by atoms with Crippen molar-refractivity contribution in [1.82, 2.24) is 10.3 Å². The van der Waals surface area contributed by atoms with Crippen LogP contribution in [0.2, 0.25) is 0 Å². The zero-order valence-electron chi connectivity index (χ0n) is 9.48. The van der Waals surface area contributed by atoms with E-state index in [2.05, 4.69) is 24.1 Å². The van der Waals surface area contributed by atoms with Gasteiger partial charge in [0.1, 0.15) is 0 Å². The normalized spacial score (nSPS) is 14.9. The molecule has 3 heteroatoms. The van der Waals surface area contributed by atoms with Crippen molar-refractivity contribution >= 4 is 0 Å². The maximum absolute atomic E-state index is 8.73. The Kier molecular flexibility index (Phi) is 5.29. The van der Waals surface area contributed by atoms with E-state index < -0.39 is 0 Å². The lowest BCUT2D eigenvalue weighted by molar-refractivity contribution is 0.274. The molecule has 0 fully saturated rings. The Morgan fingerprint density at radius 3 is 2.60 bits per heavy atom. The summed E-state index contributed by atoms with van der Waals surface area (Å²) in [5.41, 5.74) is 1.25. The van der Waals surface area contributed by atoms with Crippen LogP contribution in [0.25, 0.3) is 0 Å². The summed E-state index contributed by atoms with van der Waals surface area (Å²) >= 11 is 0. The Morgan fingerprint density at radius 2 is 2.00 bits per heavy atom. The number of nitrogens with zero attached hydrogens (tertiary/aromatic N) is 1. The number of aliphatic hydroxyl groups excluding tert-OH is 1. The van der Waals surface area contributed by atoms with E-state index in [4.69, 9.17) is 5.11 Å². The molecule has 0 aliphatic heterocycles. The van der Waals surface area contributed by atoms with Gasteiger partial charge in [0.05, 0.1) is 0 Å². The molecule has 1 aromatic rings. The predicted octanol–water partition coefficient (Wildman–Crippen LogP) is 1.89. The van der Waals surface area contributed by atoms with Crippen LogP contribution in [0.5, 0.6) is 0 Å². The summed E-state index contributed by atoms with van der Waals surface area (Å²) < 4.78 is 0. The number of pyridine rings is 1. The molecule has 84 valence electrons. The molecule has 1 rings (SSSR count). The van der Waals surface area contributed by atoms with Gasteiger partial charge in [-0.25, -0.2) is 0 Å². The minimum atomic E-state index is 0.273. The predicted molar refractivity (Wildman–Crippen MR) is 61.6 cm³/mol. The van der Waals surface area contributed by atoms with Crippen LogP contribution in [-0.2, 0) is 0 Å². The average Bonchev–Trinajstić information content (AvgIpc) is 2.27. The van der Waals surface area contributed by atoms with Crippen molar-refractivity contribution in [3.05, 3.63) is 30.1 Å². The molecular weight excluding hydrogens is 188 g/mol. The quantitative estimate of drug-likeness (QED) is 0.750. The molecule has 0 spiro atoms. The van der Waals surface area contributed by atoms with Crippen molar-refractivity contribution in [1.29, 1.82) is 0 Å². The number of hydrogen-bond acceptors (Lipinski definition) is 3. The minimum absolute atomic E-state index is 0.273. The fourth-order valence-corrected chi connectivity index (χ4v) is 1.66. The fourth-order valence-electron chi connectivity index (χ4n) is 1.66. The van der Waals surface area contributed by atoms with Gasteiger partial charge in [0, 0.05) is 31.1 Å². The van der Waals surface area contributed by atoms with E-state index in [-0.39, 0.29) is 6.61 Å². The number of rotatable bonds is 6. The Labute approximate surface area is 91.5 Å². The highest BCUT2D eigenvalue weighted by atomic mass is 16.2. The number of hydrogen-bond donors (Lipinski definition) is 2. The van der Waals surface area contributed by atoms with Gasteiger partial charge in [0.15, 0.2) is 0 Å². The summed E-state index contributed by atoms with van der Waals surface area (Å²) in [6, 6.07) is 4.81. The third-order valence-corrected chi connectivity index (χ3v) is 2.54. The zero-order chi connectivity index (χ0) is 11.1. The van der Waals surface area contributed by atoms with E-state index >= 15 is 0 Å². The molecule has 2 N–H and O–H groups in total. The molecule has 1 heterocycles. The summed E-state index contributed by atoms with van der Waals surface area (Å²) in [4.78, 5) is 4.00. The van der Waals surface area contributed by atoms with Gasteiger partial charge in [0.25, 0.3) is 0 Å². The van der Waals surface area contributed by atoms with Crippen LogP contribution in [-0.4, -0.2) is 22.7 Å². The van der Waals surface area contributed by atoms with Crippen LogP contribution >= 0.6 is 0 Å². The van der Waals surface area contributed by atoms with Gasteiger partial charge in [-0.3, -0.25) is 4.98 Å². The Morgan fingerprint density at radius 1 is 1.33 bits per heavy atom. The molecule has 1 aromatic heterocycles. The second-order valence-corrected chi connectivity index (χ2v) is 3.94. The molecule has 0 bridgehead atoms. The topological polar surface area (TPSA) is 45.1 Å². The first kappa shape index (κ1) is 12.1. The maximum atomic E-state index is 8.73. The lowest BCUT2D eigenvalue weighted by Gasteiger charge is -2.19. The summed E-state index contributed by atoms with van der Waals surface area (Å²) in [5.74, 6) is 0. The van der Waals surface area contributed by atoms with Crippen molar-refractivity contribution < 1.29 is 5.11 Å². The molecule has 0 saturated carbocycles. The lowest BCUT2D eigenvalue weighted by Crippen LogP contribution is -2.29. The number of aliphatic hydroxyl groups is 1. The maximum Gasteiger partial charge on any atom is 0.0431 e. The molecule has 0 saturated heterocycles. The highest BCUT2D eigenvalue weighted by molar-refractivity contribution is 5.14. The molecular formula is C12H20N2O. The number of aromatic nitrogens is 1. The van der Waals surface area contributed by atoms with Gasteiger partial charge in [0.2, 0.25) is 0 Å². The van der Waals surface area contributed by atoms with Gasteiger partial charge in [-0.1, -0.05) is 0 Å². The van der Waals surface area contributed by atoms with Gasteiger partial charge in [-0.05, 0) is 44.4 Å². The summed E-state index contributed by atoms with van der Waals surface area (Å²) in [7, 11) is 0. The van der Waals surface area contributed by atoms with E-state index in [1.165, 1.54) is 5.56 Å². The fraction of sp³-hybridized carbons (Fsp3) is 0.583. The molecule has 15 heavy (non-hydrogen) atoms. The Hall–Kier alpha value is -0.930. The monoisotopic (exact) mass is 208 g/mol. The highest BCUT2D eigenvalue weighted by Crippen LogP contribution is 2.12. The van der Waals surface area contributed by atoms with Gasteiger partial charge in [-0.15, -0.1) is 0 Å². The smallest absolute Gasteiger partial charge is 0.0431 e. The molecule has 0 aliphatic rings. The molecule has 0 unspecified atom stereocenters. The SMILES string of the molecule is C[C@@H](CCCO)N[C@H](C)c1ccncc1. The molecule has 0 amide bonds. The van der Waals surface area contributed by atoms with Crippen molar-refractivity contribution in [3.63, 3.8) is 0 Å². The average molecular weight is 208 g/mol. The zero-order valence-corrected chi connectivity index (χ0v) is 9.48. The van der Waals surface area contributed by atoms with E-state index in [0.717, 1.165) is 12.8 Å².